The third kappa shape index (κ3) is 3.23. The van der Waals surface area contributed by atoms with Crippen LogP contribution in [0, 0.1) is 5.92 Å². The van der Waals surface area contributed by atoms with Gasteiger partial charge in [0.1, 0.15) is 5.75 Å². The van der Waals surface area contributed by atoms with Crippen molar-refractivity contribution in [3.63, 3.8) is 0 Å². The van der Waals surface area contributed by atoms with Crippen LogP contribution in [0.4, 0.5) is 0 Å². The van der Waals surface area contributed by atoms with E-state index in [9.17, 15) is 4.79 Å². The summed E-state index contributed by atoms with van der Waals surface area (Å²) in [5.74, 6) is 1.38. The van der Waals surface area contributed by atoms with Gasteiger partial charge in [-0.05, 0) is 29.7 Å². The molecule has 1 aromatic rings. The van der Waals surface area contributed by atoms with Crippen molar-refractivity contribution in [1.29, 1.82) is 0 Å². The van der Waals surface area contributed by atoms with Crippen molar-refractivity contribution in [2.24, 2.45) is 0 Å². The molecule has 0 spiro atoms. The van der Waals surface area contributed by atoms with E-state index in [-0.39, 0.29) is 5.97 Å². The second-order valence-electron chi connectivity index (χ2n) is 3.70. The number of esters is 1. The summed E-state index contributed by atoms with van der Waals surface area (Å²) in [4.78, 5) is 10.9. The van der Waals surface area contributed by atoms with Gasteiger partial charge in [0.2, 0.25) is 0 Å². The lowest BCUT2D eigenvalue weighted by Crippen LogP contribution is -2.03. The van der Waals surface area contributed by atoms with Crippen LogP contribution < -0.4 is 4.74 Å². The fourth-order valence-corrected chi connectivity index (χ4v) is 1.44. The molecular weight excluding hydrogens is 200 g/mol. The maximum absolute atomic E-state index is 10.9. The number of hydrogen-bond acceptors (Lipinski definition) is 2. The number of ether oxygens (including phenoxy) is 1. The minimum atomic E-state index is -0.296. The van der Waals surface area contributed by atoms with Crippen molar-refractivity contribution in [1.82, 2.24) is 0 Å². The van der Waals surface area contributed by atoms with Crippen LogP contribution in [0.3, 0.4) is 0 Å². The predicted octanol–water partition coefficient (Wildman–Crippen LogP) is 3.30. The van der Waals surface area contributed by atoms with Crippen LogP contribution in [0.25, 0.3) is 0 Å². The van der Waals surface area contributed by atoms with E-state index in [0.29, 0.717) is 5.75 Å². The number of carbonyl (C=O) groups excluding carboxylic acids is 1. The average Bonchev–Trinajstić information content (AvgIpc) is 2.26. The molecule has 0 bridgehead atoms. The molecule has 2 nitrogen and oxygen atoms in total. The summed E-state index contributed by atoms with van der Waals surface area (Å²) in [5, 5.41) is 0. The molecule has 0 amide bonds. The van der Waals surface area contributed by atoms with Crippen molar-refractivity contribution in [2.45, 2.75) is 27.2 Å². The highest BCUT2D eigenvalue weighted by molar-refractivity contribution is 5.69. The summed E-state index contributed by atoms with van der Waals surface area (Å²) < 4.78 is 5.11. The molecule has 0 saturated heterocycles. The molecule has 1 aromatic carbocycles. The Balaban J connectivity index is 3.09. The van der Waals surface area contributed by atoms with E-state index < -0.39 is 0 Å². The highest BCUT2D eigenvalue weighted by Gasteiger charge is 2.07. The maximum Gasteiger partial charge on any atom is 0.308 e. The molecule has 0 fully saturated rings. The minimum absolute atomic E-state index is 0.296. The van der Waals surface area contributed by atoms with Gasteiger partial charge in [-0.15, -0.1) is 6.58 Å². The highest BCUT2D eigenvalue weighted by atomic mass is 16.5. The Hall–Kier alpha value is -1.57. The molecule has 0 aliphatic rings. The van der Waals surface area contributed by atoms with Crippen LogP contribution in [0.2, 0.25) is 0 Å². The van der Waals surface area contributed by atoms with E-state index in [0.717, 1.165) is 23.5 Å². The Bertz CT molecular complexity index is 394. The molecule has 0 heterocycles. The van der Waals surface area contributed by atoms with Gasteiger partial charge in [0, 0.05) is 12.8 Å². The Morgan fingerprint density at radius 3 is 2.56 bits per heavy atom. The van der Waals surface area contributed by atoms with E-state index >= 15 is 0 Å². The first-order chi connectivity index (χ1) is 7.56. The van der Waals surface area contributed by atoms with Crippen molar-refractivity contribution in [3.8, 4) is 5.75 Å². The van der Waals surface area contributed by atoms with Gasteiger partial charge >= 0.3 is 5.97 Å². The molecule has 1 rings (SSSR count). The third-order valence-electron chi connectivity index (χ3n) is 2.40. The molecule has 2 heteroatoms. The topological polar surface area (TPSA) is 26.3 Å². The lowest BCUT2D eigenvalue weighted by molar-refractivity contribution is -0.131. The summed E-state index contributed by atoms with van der Waals surface area (Å²) in [6, 6.07) is 5.84. The molecule has 0 atom stereocenters. The highest BCUT2D eigenvalue weighted by Crippen LogP contribution is 2.24. The van der Waals surface area contributed by atoms with E-state index in [1.807, 2.05) is 19.1 Å². The first-order valence-corrected chi connectivity index (χ1v) is 5.35. The largest absolute Gasteiger partial charge is 0.427 e. The minimum Gasteiger partial charge on any atom is -0.427 e. The van der Waals surface area contributed by atoms with Crippen LogP contribution in [-0.4, -0.2) is 5.97 Å². The summed E-state index contributed by atoms with van der Waals surface area (Å²) in [5.41, 5.74) is 2.19. The summed E-state index contributed by atoms with van der Waals surface area (Å²) in [6.45, 7) is 9.20. The van der Waals surface area contributed by atoms with Crippen LogP contribution in [-0.2, 0) is 11.2 Å². The van der Waals surface area contributed by atoms with E-state index in [1.54, 1.807) is 6.08 Å². The smallest absolute Gasteiger partial charge is 0.308 e. The summed E-state index contributed by atoms with van der Waals surface area (Å²) >= 11 is 0. The normalized spacial score (nSPS) is 10.2. The molecule has 0 aliphatic carbocycles. The van der Waals surface area contributed by atoms with Gasteiger partial charge < -0.3 is 4.74 Å². The van der Waals surface area contributed by atoms with E-state index in [2.05, 4.69) is 19.6 Å². The molecule has 0 unspecified atom stereocenters. The molecule has 0 saturated carbocycles. The molecular formula is C14H17O2. The van der Waals surface area contributed by atoms with Crippen molar-refractivity contribution < 1.29 is 9.53 Å². The molecule has 16 heavy (non-hydrogen) atoms. The van der Waals surface area contributed by atoms with Crippen LogP contribution in [0.5, 0.6) is 5.75 Å². The maximum atomic E-state index is 10.9. The van der Waals surface area contributed by atoms with Crippen LogP contribution in [0.1, 0.15) is 31.9 Å². The fourth-order valence-electron chi connectivity index (χ4n) is 1.44. The predicted molar refractivity (Wildman–Crippen MR) is 65.3 cm³/mol. The molecule has 85 valence electrons. The second-order valence-corrected chi connectivity index (χ2v) is 3.70. The zero-order chi connectivity index (χ0) is 12.1. The second kappa shape index (κ2) is 5.50. The average molecular weight is 217 g/mol. The Morgan fingerprint density at radius 1 is 1.38 bits per heavy atom. The number of benzene rings is 1. The zero-order valence-corrected chi connectivity index (χ0v) is 10.0. The number of rotatable bonds is 4. The van der Waals surface area contributed by atoms with Crippen molar-refractivity contribution >= 4 is 5.97 Å². The molecule has 0 aliphatic heterocycles. The number of aryl methyl sites for hydroxylation is 1. The van der Waals surface area contributed by atoms with Crippen molar-refractivity contribution in [3.05, 3.63) is 47.9 Å². The van der Waals surface area contributed by atoms with E-state index in [4.69, 9.17) is 4.74 Å². The lowest BCUT2D eigenvalue weighted by atomic mass is 9.98. The lowest BCUT2D eigenvalue weighted by Gasteiger charge is -2.11. The molecule has 0 aromatic heterocycles. The summed E-state index contributed by atoms with van der Waals surface area (Å²) in [6.07, 6.45) is 2.71. The van der Waals surface area contributed by atoms with Gasteiger partial charge in [0.25, 0.3) is 0 Å². The third-order valence-corrected chi connectivity index (χ3v) is 2.40. The number of allylic oxidation sites excluding steroid dienone is 1. The SMILES string of the molecule is C=C[C](C)c1cc(CC)cc(OC(C)=O)c1. The van der Waals surface area contributed by atoms with Gasteiger partial charge in [-0.1, -0.05) is 26.0 Å². The van der Waals surface area contributed by atoms with E-state index in [1.165, 1.54) is 6.92 Å². The quantitative estimate of drug-likeness (QED) is 0.571. The van der Waals surface area contributed by atoms with Gasteiger partial charge in [-0.3, -0.25) is 4.79 Å². The Labute approximate surface area is 96.9 Å². The monoisotopic (exact) mass is 217 g/mol. The fraction of sp³-hybridized carbons (Fsp3) is 0.286. The molecule has 1 radical (unpaired) electrons. The zero-order valence-electron chi connectivity index (χ0n) is 10.0. The summed E-state index contributed by atoms with van der Waals surface area (Å²) in [7, 11) is 0. The molecule has 0 N–H and O–H groups in total. The first kappa shape index (κ1) is 12.5. The number of carbonyl (C=O) groups is 1. The Kier molecular flexibility index (Phi) is 4.29. The van der Waals surface area contributed by atoms with Gasteiger partial charge in [-0.25, -0.2) is 0 Å². The standard InChI is InChI=1S/C14H17O2/c1-5-10(3)13-7-12(6-2)8-14(9-13)16-11(4)15/h5,7-9H,1,6H2,2-4H3. The van der Waals surface area contributed by atoms with Gasteiger partial charge in [-0.2, -0.15) is 0 Å². The van der Waals surface area contributed by atoms with Crippen LogP contribution in [0.15, 0.2) is 30.9 Å². The first-order valence-electron chi connectivity index (χ1n) is 5.35. The van der Waals surface area contributed by atoms with Gasteiger partial charge in [0.15, 0.2) is 0 Å². The van der Waals surface area contributed by atoms with Crippen LogP contribution >= 0.6 is 0 Å². The van der Waals surface area contributed by atoms with Crippen molar-refractivity contribution in [2.75, 3.05) is 0 Å². The van der Waals surface area contributed by atoms with Gasteiger partial charge in [0.05, 0.1) is 0 Å². The number of hydrogen-bond donors (Lipinski definition) is 0. The Morgan fingerprint density at radius 2 is 2.06 bits per heavy atom.